The number of nitriles is 1. The number of allylic oxidation sites excluding steroid dienone is 1. The van der Waals surface area contributed by atoms with Crippen LogP contribution in [-0.2, 0) is 6.54 Å². The fraction of sp³-hybridized carbons (Fsp3) is 0.400. The molecule has 1 aromatic carbocycles. The van der Waals surface area contributed by atoms with Crippen molar-refractivity contribution in [2.75, 3.05) is 7.05 Å². The molecule has 0 N–H and O–H groups in total. The van der Waals surface area contributed by atoms with E-state index in [9.17, 15) is 0 Å². The number of hydrogen-bond acceptors (Lipinski definition) is 2. The monoisotopic (exact) mass is 226 g/mol. The summed E-state index contributed by atoms with van der Waals surface area (Å²) in [6.45, 7) is 0.907. The second kappa shape index (κ2) is 5.65. The highest BCUT2D eigenvalue weighted by atomic mass is 15.1. The summed E-state index contributed by atoms with van der Waals surface area (Å²) in [5.41, 5.74) is 1.96. The molecule has 1 aliphatic rings. The summed E-state index contributed by atoms with van der Waals surface area (Å²) in [5.74, 6) is 0. The van der Waals surface area contributed by atoms with Crippen LogP contribution in [0.4, 0.5) is 0 Å². The molecule has 2 heteroatoms. The van der Waals surface area contributed by atoms with Crippen molar-refractivity contribution in [1.82, 2.24) is 4.90 Å². The van der Waals surface area contributed by atoms with Crippen molar-refractivity contribution in [1.29, 1.82) is 5.26 Å². The molecule has 1 aliphatic carbocycles. The maximum Gasteiger partial charge on any atom is 0.0991 e. The minimum absolute atomic E-state index is 0.550. The molecular formula is C15H18N2. The average Bonchev–Trinajstić information content (AvgIpc) is 2.40. The van der Waals surface area contributed by atoms with Crippen LogP contribution in [0, 0.1) is 11.3 Å². The van der Waals surface area contributed by atoms with Gasteiger partial charge in [-0.2, -0.15) is 5.26 Å². The zero-order valence-corrected chi connectivity index (χ0v) is 10.3. The highest BCUT2D eigenvalue weighted by Gasteiger charge is 2.13. The van der Waals surface area contributed by atoms with Crippen LogP contribution in [0.2, 0.25) is 0 Å². The minimum Gasteiger partial charge on any atom is -0.296 e. The topological polar surface area (TPSA) is 27.0 Å². The van der Waals surface area contributed by atoms with E-state index in [2.05, 4.69) is 36.2 Å². The van der Waals surface area contributed by atoms with E-state index in [4.69, 9.17) is 5.26 Å². The molecule has 2 rings (SSSR count). The van der Waals surface area contributed by atoms with E-state index in [0.717, 1.165) is 12.1 Å². The van der Waals surface area contributed by atoms with Crippen LogP contribution in [0.25, 0.3) is 0 Å². The maximum absolute atomic E-state index is 8.87. The molecule has 17 heavy (non-hydrogen) atoms. The maximum atomic E-state index is 8.87. The van der Waals surface area contributed by atoms with Gasteiger partial charge in [-0.25, -0.2) is 0 Å². The van der Waals surface area contributed by atoms with Crippen molar-refractivity contribution in [2.45, 2.75) is 31.8 Å². The van der Waals surface area contributed by atoms with E-state index < -0.39 is 0 Å². The van der Waals surface area contributed by atoms with Gasteiger partial charge in [0.15, 0.2) is 0 Å². The molecule has 1 atom stereocenters. The van der Waals surface area contributed by atoms with Crippen molar-refractivity contribution in [3.63, 3.8) is 0 Å². The first kappa shape index (κ1) is 11.9. The molecule has 0 radical (unpaired) electrons. The largest absolute Gasteiger partial charge is 0.296 e. The Hall–Kier alpha value is -1.59. The number of benzene rings is 1. The van der Waals surface area contributed by atoms with Gasteiger partial charge in [-0.1, -0.05) is 24.3 Å². The molecule has 2 nitrogen and oxygen atoms in total. The Labute approximate surface area is 103 Å². The van der Waals surface area contributed by atoms with Crippen LogP contribution in [0.5, 0.6) is 0 Å². The Morgan fingerprint density at radius 1 is 1.47 bits per heavy atom. The molecular weight excluding hydrogens is 208 g/mol. The third-order valence-corrected chi connectivity index (χ3v) is 3.28. The van der Waals surface area contributed by atoms with Crippen LogP contribution < -0.4 is 0 Å². The van der Waals surface area contributed by atoms with Gasteiger partial charge in [-0.05, 0) is 44.0 Å². The van der Waals surface area contributed by atoms with Crippen LogP contribution in [0.1, 0.15) is 30.4 Å². The lowest BCUT2D eigenvalue weighted by Gasteiger charge is -2.27. The summed E-state index contributed by atoms with van der Waals surface area (Å²) in [6, 6.07) is 10.6. The Bertz CT molecular complexity index is 442. The SMILES string of the molecule is CN(Cc1cccc(C#N)c1)C1C=CCCC1. The van der Waals surface area contributed by atoms with Gasteiger partial charge in [-0.3, -0.25) is 4.90 Å². The van der Waals surface area contributed by atoms with Crippen molar-refractivity contribution >= 4 is 0 Å². The van der Waals surface area contributed by atoms with Crippen molar-refractivity contribution < 1.29 is 0 Å². The second-order valence-corrected chi connectivity index (χ2v) is 4.65. The van der Waals surface area contributed by atoms with Gasteiger partial charge in [0, 0.05) is 12.6 Å². The molecule has 0 saturated carbocycles. The molecule has 88 valence electrons. The standard InChI is InChI=1S/C15H18N2/c1-17(15-8-3-2-4-9-15)12-14-7-5-6-13(10-14)11-16/h3,5-8,10,15H,2,4,9,12H2,1H3. The van der Waals surface area contributed by atoms with Gasteiger partial charge in [0.1, 0.15) is 0 Å². The van der Waals surface area contributed by atoms with Gasteiger partial charge < -0.3 is 0 Å². The molecule has 0 aromatic heterocycles. The van der Waals surface area contributed by atoms with Gasteiger partial charge in [0.2, 0.25) is 0 Å². The summed E-state index contributed by atoms with van der Waals surface area (Å²) < 4.78 is 0. The van der Waals surface area contributed by atoms with Gasteiger partial charge in [-0.15, -0.1) is 0 Å². The third-order valence-electron chi connectivity index (χ3n) is 3.28. The van der Waals surface area contributed by atoms with Crippen molar-refractivity contribution in [3.8, 4) is 6.07 Å². The molecule has 0 aliphatic heterocycles. The van der Waals surface area contributed by atoms with E-state index in [-0.39, 0.29) is 0 Å². The highest BCUT2D eigenvalue weighted by Crippen LogP contribution is 2.17. The van der Waals surface area contributed by atoms with E-state index in [1.807, 2.05) is 18.2 Å². The Kier molecular flexibility index (Phi) is 3.95. The van der Waals surface area contributed by atoms with Crippen LogP contribution in [-0.4, -0.2) is 18.0 Å². The summed E-state index contributed by atoms with van der Waals surface area (Å²) in [7, 11) is 2.15. The fourth-order valence-electron chi connectivity index (χ4n) is 2.31. The number of rotatable bonds is 3. The lowest BCUT2D eigenvalue weighted by atomic mass is 10.0. The van der Waals surface area contributed by atoms with E-state index in [0.29, 0.717) is 6.04 Å². The van der Waals surface area contributed by atoms with Crippen molar-refractivity contribution in [2.24, 2.45) is 0 Å². The summed E-state index contributed by atoms with van der Waals surface area (Å²) in [5, 5.41) is 8.87. The summed E-state index contributed by atoms with van der Waals surface area (Å²) in [6.07, 6.45) is 8.32. The number of nitrogens with zero attached hydrogens (tertiary/aromatic N) is 2. The van der Waals surface area contributed by atoms with E-state index in [1.54, 1.807) is 0 Å². The number of hydrogen-bond donors (Lipinski definition) is 0. The normalized spacial score (nSPS) is 19.2. The third kappa shape index (κ3) is 3.18. The van der Waals surface area contributed by atoms with Crippen molar-refractivity contribution in [3.05, 3.63) is 47.5 Å². The predicted octanol–water partition coefficient (Wildman–Crippen LogP) is 3.10. The first-order valence-corrected chi connectivity index (χ1v) is 6.15. The smallest absolute Gasteiger partial charge is 0.0991 e. The lowest BCUT2D eigenvalue weighted by molar-refractivity contribution is 0.254. The van der Waals surface area contributed by atoms with Crippen LogP contribution in [0.15, 0.2) is 36.4 Å². The van der Waals surface area contributed by atoms with Crippen LogP contribution >= 0.6 is 0 Å². The molecule has 0 heterocycles. The quantitative estimate of drug-likeness (QED) is 0.740. The molecule has 1 aromatic rings. The molecule has 0 bridgehead atoms. The molecule has 0 saturated heterocycles. The predicted molar refractivity (Wildman–Crippen MR) is 69.4 cm³/mol. The second-order valence-electron chi connectivity index (χ2n) is 4.65. The Morgan fingerprint density at radius 3 is 3.06 bits per heavy atom. The molecule has 0 amide bonds. The average molecular weight is 226 g/mol. The minimum atomic E-state index is 0.550. The summed E-state index contributed by atoms with van der Waals surface area (Å²) >= 11 is 0. The zero-order valence-electron chi connectivity index (χ0n) is 10.3. The number of likely N-dealkylation sites (N-methyl/N-ethyl adjacent to an activating group) is 1. The first-order valence-electron chi connectivity index (χ1n) is 6.15. The summed E-state index contributed by atoms with van der Waals surface area (Å²) in [4.78, 5) is 2.35. The van der Waals surface area contributed by atoms with E-state index in [1.165, 1.54) is 24.8 Å². The molecule has 1 unspecified atom stereocenters. The molecule has 0 fully saturated rings. The van der Waals surface area contributed by atoms with E-state index >= 15 is 0 Å². The highest BCUT2D eigenvalue weighted by molar-refractivity contribution is 5.32. The Balaban J connectivity index is 2.02. The lowest BCUT2D eigenvalue weighted by Crippen LogP contribution is -2.30. The molecule has 0 spiro atoms. The fourth-order valence-corrected chi connectivity index (χ4v) is 2.31. The Morgan fingerprint density at radius 2 is 2.35 bits per heavy atom. The van der Waals surface area contributed by atoms with Gasteiger partial charge in [0.25, 0.3) is 0 Å². The van der Waals surface area contributed by atoms with Crippen LogP contribution in [0.3, 0.4) is 0 Å². The van der Waals surface area contributed by atoms with Gasteiger partial charge in [0.05, 0.1) is 11.6 Å². The van der Waals surface area contributed by atoms with Gasteiger partial charge >= 0.3 is 0 Å². The zero-order chi connectivity index (χ0) is 12.1. The first-order chi connectivity index (χ1) is 8.29.